The monoisotopic (exact) mass is 269 g/mol. The quantitative estimate of drug-likeness (QED) is 0.780. The van der Waals surface area contributed by atoms with E-state index in [1.54, 1.807) is 0 Å². The second-order valence-electron chi connectivity index (χ2n) is 4.27. The van der Waals surface area contributed by atoms with E-state index in [1.807, 2.05) is 18.2 Å². The highest BCUT2D eigenvalue weighted by atomic mass is 79.9. The minimum absolute atomic E-state index is 0.186. The molecule has 0 aliphatic carbocycles. The molecule has 1 saturated heterocycles. The minimum Gasteiger partial charge on any atom is -0.489 e. The van der Waals surface area contributed by atoms with Gasteiger partial charge in [0.15, 0.2) is 11.5 Å². The average Bonchev–Trinajstić information content (AvgIpc) is 2.36. The van der Waals surface area contributed by atoms with Gasteiger partial charge in [-0.15, -0.1) is 0 Å². The van der Waals surface area contributed by atoms with Crippen LogP contribution in [-0.4, -0.2) is 26.3 Å². The van der Waals surface area contributed by atoms with Crippen LogP contribution < -0.4 is 14.8 Å². The smallest absolute Gasteiger partial charge is 0.162 e. The van der Waals surface area contributed by atoms with Crippen molar-refractivity contribution in [1.82, 2.24) is 5.32 Å². The third-order valence-corrected chi connectivity index (χ3v) is 3.47. The van der Waals surface area contributed by atoms with Crippen molar-refractivity contribution in [1.29, 1.82) is 0 Å². The van der Waals surface area contributed by atoms with Gasteiger partial charge in [-0.1, -0.05) is 15.9 Å². The van der Waals surface area contributed by atoms with Crippen molar-refractivity contribution in [2.75, 3.05) is 26.3 Å². The number of rotatable bonds is 0. The Hall–Kier alpha value is -0.740. The summed E-state index contributed by atoms with van der Waals surface area (Å²) in [4.78, 5) is 0. The molecule has 1 spiro atoms. The summed E-state index contributed by atoms with van der Waals surface area (Å²) in [5.74, 6) is 1.69. The van der Waals surface area contributed by atoms with E-state index in [1.165, 1.54) is 0 Å². The van der Waals surface area contributed by atoms with Gasteiger partial charge in [-0.05, 0) is 18.2 Å². The number of nitrogens with one attached hydrogen (secondary N) is 1. The minimum atomic E-state index is 0.186. The Balaban J connectivity index is 1.88. The van der Waals surface area contributed by atoms with Crippen LogP contribution in [0.15, 0.2) is 22.7 Å². The summed E-state index contributed by atoms with van der Waals surface area (Å²) in [5, 5.41) is 3.27. The summed E-state index contributed by atoms with van der Waals surface area (Å²) in [6, 6.07) is 5.88. The number of ether oxygens (including phenoxy) is 2. The highest BCUT2D eigenvalue weighted by molar-refractivity contribution is 9.10. The molecule has 3 nitrogen and oxygen atoms in total. The fraction of sp³-hybridized carbons (Fsp3) is 0.455. The van der Waals surface area contributed by atoms with Crippen LogP contribution in [0.3, 0.4) is 0 Å². The molecule has 80 valence electrons. The number of hydrogen-bond donors (Lipinski definition) is 1. The lowest BCUT2D eigenvalue weighted by Gasteiger charge is -2.39. The van der Waals surface area contributed by atoms with Gasteiger partial charge < -0.3 is 14.8 Å². The molecule has 0 amide bonds. The standard InChI is InChI=1S/C11H12BrNO2/c12-8-1-2-9-10(3-8)15-7-11(6-14-9)4-13-5-11/h1-3,13H,4-7H2. The number of hydrogen-bond acceptors (Lipinski definition) is 3. The van der Waals surface area contributed by atoms with Gasteiger partial charge in [0.25, 0.3) is 0 Å². The largest absolute Gasteiger partial charge is 0.489 e. The van der Waals surface area contributed by atoms with Crippen molar-refractivity contribution in [2.45, 2.75) is 0 Å². The molecule has 1 N–H and O–H groups in total. The van der Waals surface area contributed by atoms with Gasteiger partial charge in [0.2, 0.25) is 0 Å². The number of benzene rings is 1. The summed E-state index contributed by atoms with van der Waals surface area (Å²) in [5.41, 5.74) is 0.186. The SMILES string of the molecule is Brc1ccc2c(c1)OCC1(CNC1)CO2. The first-order valence-electron chi connectivity index (χ1n) is 5.03. The van der Waals surface area contributed by atoms with E-state index in [4.69, 9.17) is 9.47 Å². The maximum Gasteiger partial charge on any atom is 0.162 e. The van der Waals surface area contributed by atoms with Crippen molar-refractivity contribution >= 4 is 15.9 Å². The van der Waals surface area contributed by atoms with E-state index >= 15 is 0 Å². The zero-order chi connectivity index (χ0) is 10.3. The fourth-order valence-corrected chi connectivity index (χ4v) is 2.24. The Morgan fingerprint density at radius 1 is 1.13 bits per heavy atom. The Bertz CT molecular complexity index is 390. The molecule has 1 aromatic carbocycles. The molecule has 0 aromatic heterocycles. The summed E-state index contributed by atoms with van der Waals surface area (Å²) in [6.45, 7) is 3.46. The zero-order valence-electron chi connectivity index (χ0n) is 8.25. The van der Waals surface area contributed by atoms with Crippen molar-refractivity contribution < 1.29 is 9.47 Å². The van der Waals surface area contributed by atoms with Gasteiger partial charge in [-0.3, -0.25) is 0 Å². The highest BCUT2D eigenvalue weighted by Gasteiger charge is 2.40. The molecule has 15 heavy (non-hydrogen) atoms. The number of fused-ring (bicyclic) bond motifs is 1. The predicted octanol–water partition coefficient (Wildman–Crippen LogP) is 1.81. The first kappa shape index (κ1) is 9.48. The second-order valence-corrected chi connectivity index (χ2v) is 5.19. The summed E-state index contributed by atoms with van der Waals surface area (Å²) in [7, 11) is 0. The lowest BCUT2D eigenvalue weighted by atomic mass is 9.84. The van der Waals surface area contributed by atoms with Gasteiger partial charge in [0.1, 0.15) is 0 Å². The topological polar surface area (TPSA) is 30.5 Å². The normalized spacial score (nSPS) is 21.9. The molecule has 0 radical (unpaired) electrons. The second kappa shape index (κ2) is 3.39. The molecule has 0 bridgehead atoms. The van der Waals surface area contributed by atoms with Gasteiger partial charge in [-0.25, -0.2) is 0 Å². The third-order valence-electron chi connectivity index (χ3n) is 2.97. The van der Waals surface area contributed by atoms with Crippen LogP contribution in [0.2, 0.25) is 0 Å². The summed E-state index contributed by atoms with van der Waals surface area (Å²) < 4.78 is 12.6. The van der Waals surface area contributed by atoms with Crippen LogP contribution in [0.1, 0.15) is 0 Å². The molecule has 0 unspecified atom stereocenters. The molecular formula is C11H12BrNO2. The molecule has 2 aliphatic rings. The fourth-order valence-electron chi connectivity index (χ4n) is 1.90. The Morgan fingerprint density at radius 3 is 2.53 bits per heavy atom. The van der Waals surface area contributed by atoms with Crippen LogP contribution in [-0.2, 0) is 0 Å². The molecule has 4 heteroatoms. The van der Waals surface area contributed by atoms with Crippen LogP contribution in [0.4, 0.5) is 0 Å². The van der Waals surface area contributed by atoms with E-state index in [2.05, 4.69) is 21.2 Å². The van der Waals surface area contributed by atoms with Crippen LogP contribution in [0.5, 0.6) is 11.5 Å². The van der Waals surface area contributed by atoms with E-state index < -0.39 is 0 Å². The van der Waals surface area contributed by atoms with Crippen molar-refractivity contribution in [3.8, 4) is 11.5 Å². The first-order chi connectivity index (χ1) is 7.27. The van der Waals surface area contributed by atoms with Crippen molar-refractivity contribution in [3.05, 3.63) is 22.7 Å². The van der Waals surface area contributed by atoms with E-state index in [9.17, 15) is 0 Å². The molecule has 1 fully saturated rings. The van der Waals surface area contributed by atoms with Crippen molar-refractivity contribution in [3.63, 3.8) is 0 Å². The van der Waals surface area contributed by atoms with Crippen LogP contribution >= 0.6 is 15.9 Å². The predicted molar refractivity (Wildman–Crippen MR) is 60.4 cm³/mol. The van der Waals surface area contributed by atoms with Crippen LogP contribution in [0.25, 0.3) is 0 Å². The summed E-state index contributed by atoms with van der Waals surface area (Å²) >= 11 is 3.43. The lowest BCUT2D eigenvalue weighted by molar-refractivity contribution is 0.0501. The highest BCUT2D eigenvalue weighted by Crippen LogP contribution is 2.37. The van der Waals surface area contributed by atoms with Crippen molar-refractivity contribution in [2.24, 2.45) is 5.41 Å². The average molecular weight is 270 g/mol. The first-order valence-corrected chi connectivity index (χ1v) is 5.83. The lowest BCUT2D eigenvalue weighted by Crippen LogP contribution is -2.59. The Labute approximate surface area is 96.9 Å². The Kier molecular flexibility index (Phi) is 2.14. The molecule has 0 atom stereocenters. The van der Waals surface area contributed by atoms with Crippen LogP contribution in [0, 0.1) is 5.41 Å². The van der Waals surface area contributed by atoms with Gasteiger partial charge in [0.05, 0.1) is 18.6 Å². The molecule has 2 heterocycles. The molecule has 3 rings (SSSR count). The van der Waals surface area contributed by atoms with E-state index in [-0.39, 0.29) is 5.41 Å². The van der Waals surface area contributed by atoms with Gasteiger partial charge >= 0.3 is 0 Å². The maximum atomic E-state index is 5.79. The molecule has 2 aliphatic heterocycles. The summed E-state index contributed by atoms with van der Waals surface area (Å²) in [6.07, 6.45) is 0. The molecule has 0 saturated carbocycles. The third kappa shape index (κ3) is 1.62. The number of halogens is 1. The van der Waals surface area contributed by atoms with E-state index in [0.717, 1.165) is 42.3 Å². The zero-order valence-corrected chi connectivity index (χ0v) is 9.84. The van der Waals surface area contributed by atoms with Gasteiger partial charge in [0, 0.05) is 17.6 Å². The maximum absolute atomic E-state index is 5.79. The Morgan fingerprint density at radius 2 is 1.87 bits per heavy atom. The van der Waals surface area contributed by atoms with E-state index in [0.29, 0.717) is 0 Å². The molecule has 1 aromatic rings. The molecular weight excluding hydrogens is 258 g/mol. The van der Waals surface area contributed by atoms with Gasteiger partial charge in [-0.2, -0.15) is 0 Å².